The van der Waals surface area contributed by atoms with Crippen LogP contribution in [0.2, 0.25) is 0 Å². The van der Waals surface area contributed by atoms with Crippen LogP contribution in [0.25, 0.3) is 5.57 Å². The van der Waals surface area contributed by atoms with Crippen molar-refractivity contribution in [1.29, 1.82) is 0 Å². The van der Waals surface area contributed by atoms with E-state index in [1.807, 2.05) is 6.92 Å². The summed E-state index contributed by atoms with van der Waals surface area (Å²) >= 11 is 0. The highest BCUT2D eigenvalue weighted by molar-refractivity contribution is 5.86. The normalized spacial score (nSPS) is 17.9. The van der Waals surface area contributed by atoms with Gasteiger partial charge in [-0.15, -0.1) is 0 Å². The van der Waals surface area contributed by atoms with Crippen molar-refractivity contribution < 1.29 is 8.78 Å². The number of allylic oxidation sites excluding steroid dienone is 5. The summed E-state index contributed by atoms with van der Waals surface area (Å²) in [6, 6.07) is 6.58. The predicted octanol–water partition coefficient (Wildman–Crippen LogP) is 4.31. The monoisotopic (exact) mass is 218 g/mol. The van der Waals surface area contributed by atoms with E-state index in [2.05, 4.69) is 6.58 Å². The number of rotatable bonds is 2. The second-order valence-corrected chi connectivity index (χ2v) is 3.65. The van der Waals surface area contributed by atoms with Crippen molar-refractivity contribution in [2.45, 2.75) is 12.8 Å². The average Bonchev–Trinajstić information content (AvgIpc) is 2.49. The molecule has 2 rings (SSSR count). The third kappa shape index (κ3) is 1.33. The lowest BCUT2D eigenvalue weighted by Crippen LogP contribution is -2.11. The van der Waals surface area contributed by atoms with Crippen LogP contribution in [0, 0.1) is 0 Å². The molecule has 0 spiro atoms. The molecule has 2 heteroatoms. The van der Waals surface area contributed by atoms with Gasteiger partial charge in [0.15, 0.2) is 0 Å². The van der Waals surface area contributed by atoms with Gasteiger partial charge < -0.3 is 0 Å². The zero-order chi connectivity index (χ0) is 11.8. The molecule has 0 heterocycles. The Bertz CT molecular complexity index is 493. The van der Waals surface area contributed by atoms with Gasteiger partial charge in [0.25, 0.3) is 5.92 Å². The Morgan fingerprint density at radius 2 is 1.94 bits per heavy atom. The van der Waals surface area contributed by atoms with E-state index in [0.29, 0.717) is 11.1 Å². The van der Waals surface area contributed by atoms with E-state index < -0.39 is 5.92 Å². The lowest BCUT2D eigenvalue weighted by Gasteiger charge is -2.12. The molecule has 1 aromatic rings. The molecule has 0 nitrogen and oxygen atoms in total. The molecule has 0 saturated carbocycles. The number of hydrogen-bond donors (Lipinski definition) is 0. The van der Waals surface area contributed by atoms with E-state index in [-0.39, 0.29) is 11.1 Å². The van der Waals surface area contributed by atoms with Gasteiger partial charge in [-0.25, -0.2) is 0 Å². The lowest BCUT2D eigenvalue weighted by atomic mass is 10.0. The van der Waals surface area contributed by atoms with Crippen LogP contribution in [0.4, 0.5) is 8.78 Å². The van der Waals surface area contributed by atoms with Gasteiger partial charge >= 0.3 is 0 Å². The van der Waals surface area contributed by atoms with Crippen LogP contribution < -0.4 is 0 Å². The summed E-state index contributed by atoms with van der Waals surface area (Å²) in [5, 5.41) is 0. The topological polar surface area (TPSA) is 0 Å². The molecule has 0 atom stereocenters. The van der Waals surface area contributed by atoms with Gasteiger partial charge in [0, 0.05) is 11.1 Å². The molecular formula is C14H12F2. The Hall–Kier alpha value is -1.70. The average molecular weight is 218 g/mol. The second-order valence-electron chi connectivity index (χ2n) is 3.65. The second kappa shape index (κ2) is 3.71. The molecule has 1 aliphatic rings. The smallest absolute Gasteiger partial charge is 0.196 e. The molecule has 0 bridgehead atoms. The summed E-state index contributed by atoms with van der Waals surface area (Å²) < 4.78 is 28.0. The van der Waals surface area contributed by atoms with Crippen LogP contribution >= 0.6 is 0 Å². The van der Waals surface area contributed by atoms with Gasteiger partial charge in [-0.1, -0.05) is 49.1 Å². The number of halogens is 2. The first-order valence-electron chi connectivity index (χ1n) is 5.10. The molecule has 0 saturated heterocycles. The zero-order valence-electron chi connectivity index (χ0n) is 9.00. The summed E-state index contributed by atoms with van der Waals surface area (Å²) in [4.78, 5) is 0. The summed E-state index contributed by atoms with van der Waals surface area (Å²) in [5.41, 5.74) is 1.23. The van der Waals surface area contributed by atoms with E-state index in [1.54, 1.807) is 30.4 Å². The Balaban J connectivity index is 2.75. The summed E-state index contributed by atoms with van der Waals surface area (Å²) in [5.74, 6) is -2.92. The van der Waals surface area contributed by atoms with Crippen molar-refractivity contribution >= 4 is 5.57 Å². The predicted molar refractivity (Wildman–Crippen MR) is 62.3 cm³/mol. The van der Waals surface area contributed by atoms with E-state index in [4.69, 9.17) is 0 Å². The highest BCUT2D eigenvalue weighted by Crippen LogP contribution is 2.49. The van der Waals surface area contributed by atoms with Gasteiger partial charge in [0.2, 0.25) is 0 Å². The van der Waals surface area contributed by atoms with Crippen LogP contribution in [-0.2, 0) is 5.92 Å². The number of benzene rings is 1. The van der Waals surface area contributed by atoms with Gasteiger partial charge in [0.1, 0.15) is 0 Å². The molecule has 0 unspecified atom stereocenters. The summed E-state index contributed by atoms with van der Waals surface area (Å²) in [7, 11) is 0. The van der Waals surface area contributed by atoms with Crippen LogP contribution in [0.15, 0.2) is 54.6 Å². The van der Waals surface area contributed by atoms with E-state index >= 15 is 0 Å². The first-order valence-corrected chi connectivity index (χ1v) is 5.10. The molecular weight excluding hydrogens is 206 g/mol. The minimum absolute atomic E-state index is 0.00759. The molecule has 0 radical (unpaired) electrons. The Morgan fingerprint density at radius 1 is 1.25 bits per heavy atom. The maximum Gasteiger partial charge on any atom is 0.299 e. The maximum absolute atomic E-state index is 14.0. The fraction of sp³-hybridized carbons (Fsp3) is 0.143. The lowest BCUT2D eigenvalue weighted by molar-refractivity contribution is 0.0461. The minimum atomic E-state index is -2.92. The summed E-state index contributed by atoms with van der Waals surface area (Å²) in [6.07, 6.45) is 4.71. The van der Waals surface area contributed by atoms with E-state index in [1.165, 1.54) is 12.1 Å². The van der Waals surface area contributed by atoms with E-state index in [9.17, 15) is 8.78 Å². The highest BCUT2D eigenvalue weighted by Gasteiger charge is 2.43. The quantitative estimate of drug-likeness (QED) is 0.694. The molecule has 1 aliphatic carbocycles. The van der Waals surface area contributed by atoms with E-state index in [0.717, 1.165) is 0 Å². The summed E-state index contributed by atoms with van der Waals surface area (Å²) in [6.45, 7) is 5.29. The van der Waals surface area contributed by atoms with Crippen molar-refractivity contribution in [3.05, 3.63) is 65.8 Å². The van der Waals surface area contributed by atoms with Crippen molar-refractivity contribution in [2.24, 2.45) is 0 Å². The fourth-order valence-electron chi connectivity index (χ4n) is 2.04. The third-order valence-corrected chi connectivity index (χ3v) is 2.72. The minimum Gasteiger partial charge on any atom is -0.196 e. The largest absolute Gasteiger partial charge is 0.299 e. The first-order chi connectivity index (χ1) is 7.62. The van der Waals surface area contributed by atoms with Crippen LogP contribution in [0.1, 0.15) is 18.1 Å². The van der Waals surface area contributed by atoms with Crippen molar-refractivity contribution in [2.75, 3.05) is 0 Å². The van der Waals surface area contributed by atoms with Crippen molar-refractivity contribution in [1.82, 2.24) is 0 Å². The van der Waals surface area contributed by atoms with Crippen LogP contribution in [0.3, 0.4) is 0 Å². The fourth-order valence-corrected chi connectivity index (χ4v) is 2.04. The highest BCUT2D eigenvalue weighted by atomic mass is 19.3. The van der Waals surface area contributed by atoms with Gasteiger partial charge in [-0.2, -0.15) is 8.78 Å². The number of alkyl halides is 2. The molecule has 0 amide bonds. The number of fused-ring (bicyclic) bond motifs is 1. The SMILES string of the molecule is C=CC1=C(/C=C\C)c2ccccc2C1(F)F. The molecule has 0 N–H and O–H groups in total. The standard InChI is InChI=1S/C14H12F2/c1-3-7-10-11-8-5-6-9-13(11)14(15,16)12(10)4-2/h3-9H,2H2,1H3/b7-3-. The van der Waals surface area contributed by atoms with Gasteiger partial charge in [-0.3, -0.25) is 0 Å². The van der Waals surface area contributed by atoms with Gasteiger partial charge in [-0.05, 0) is 18.1 Å². The van der Waals surface area contributed by atoms with Crippen LogP contribution in [0.5, 0.6) is 0 Å². The van der Waals surface area contributed by atoms with Crippen LogP contribution in [-0.4, -0.2) is 0 Å². The van der Waals surface area contributed by atoms with Crippen molar-refractivity contribution in [3.63, 3.8) is 0 Å². The zero-order valence-corrected chi connectivity index (χ0v) is 9.00. The Labute approximate surface area is 93.6 Å². The molecule has 0 aromatic heterocycles. The maximum atomic E-state index is 14.0. The third-order valence-electron chi connectivity index (χ3n) is 2.72. The molecule has 16 heavy (non-hydrogen) atoms. The van der Waals surface area contributed by atoms with Crippen molar-refractivity contribution in [3.8, 4) is 0 Å². The first kappa shape index (κ1) is 10.8. The van der Waals surface area contributed by atoms with Gasteiger partial charge in [0.05, 0.1) is 0 Å². The molecule has 0 fully saturated rings. The Morgan fingerprint density at radius 3 is 2.56 bits per heavy atom. The number of hydrogen-bond acceptors (Lipinski definition) is 0. The molecule has 1 aromatic carbocycles. The molecule has 0 aliphatic heterocycles. The Kier molecular flexibility index (Phi) is 2.50. The molecule has 82 valence electrons.